The quantitative estimate of drug-likeness (QED) is 0.0798. The van der Waals surface area contributed by atoms with Gasteiger partial charge in [0.25, 0.3) is 0 Å². The van der Waals surface area contributed by atoms with Crippen molar-refractivity contribution in [3.8, 4) is 11.3 Å². The van der Waals surface area contributed by atoms with Crippen LogP contribution in [-0.4, -0.2) is 47.4 Å². The molecule has 12 heteroatoms. The number of aromatic nitrogens is 2. The number of carbonyl (C=O) groups is 2. The zero-order valence-electron chi connectivity index (χ0n) is 22.8. The van der Waals surface area contributed by atoms with Crippen LogP contribution in [0.15, 0.2) is 65.0 Å². The fourth-order valence-electron chi connectivity index (χ4n) is 4.88. The van der Waals surface area contributed by atoms with Crippen LogP contribution in [0.4, 0.5) is 11.4 Å². The van der Waals surface area contributed by atoms with Gasteiger partial charge in [-0.05, 0) is 54.3 Å². The van der Waals surface area contributed by atoms with Crippen molar-refractivity contribution < 1.29 is 9.59 Å². The molecular weight excluding hydrogens is 563 g/mol. The molecule has 2 aromatic carbocycles. The van der Waals surface area contributed by atoms with E-state index in [4.69, 9.17) is 39.8 Å². The number of halogens is 2. The molecule has 1 unspecified atom stereocenters. The number of aryl methyl sites for hydroxylation is 1. The average Bonchev–Trinajstić information content (AvgIpc) is 3.57. The minimum Gasteiger partial charge on any atom is -0.388 e. The number of allylic oxidation sites excluding steroid dienone is 1. The molecule has 1 aromatic heterocycles. The number of aromatic amines is 1. The highest BCUT2D eigenvalue weighted by atomic mass is 35.5. The summed E-state index contributed by atoms with van der Waals surface area (Å²) in [6.07, 6.45) is 8.69. The van der Waals surface area contributed by atoms with Crippen LogP contribution in [-0.2, 0) is 16.0 Å². The van der Waals surface area contributed by atoms with Gasteiger partial charge in [0.15, 0.2) is 0 Å². The maximum absolute atomic E-state index is 11.6. The molecular formula is C29H32Cl2N8O2. The van der Waals surface area contributed by atoms with E-state index in [9.17, 15) is 9.59 Å². The van der Waals surface area contributed by atoms with Crippen LogP contribution in [0, 0.1) is 0 Å². The number of likely N-dealkylation sites (tertiary alicyclic amines) is 1. The van der Waals surface area contributed by atoms with Gasteiger partial charge < -0.3 is 25.7 Å². The number of hydrogen-bond donors (Lipinski definition) is 4. The van der Waals surface area contributed by atoms with Crippen LogP contribution in [0.3, 0.4) is 0 Å². The first-order chi connectivity index (χ1) is 19.7. The number of nitrogens with one attached hydrogen (secondary N) is 2. The van der Waals surface area contributed by atoms with Gasteiger partial charge in [0, 0.05) is 49.3 Å². The SMILES string of the molecule is CNc1ccc(-c2cnc(C3CCC(=N/C(=C\C=O)c4cc(Cl)ccc4N(N)/C=C(\N)Cl)N3C)[nH]2)cc1CCC=O. The van der Waals surface area contributed by atoms with Gasteiger partial charge in [-0.3, -0.25) is 9.80 Å². The number of carbonyl (C=O) groups excluding carboxylic acids is 2. The number of anilines is 2. The standard InChI is InChI=1S/C29H32Cl2N8O2/c1-34-22-7-5-19(14-18(22)4-3-12-40)24-16-35-29(37-24)26-9-10-28(38(26)2)36-23(11-13-41)21-15-20(30)6-8-25(21)39(33)17-27(31)32/h5-8,11-17,26,34H,3-4,9-10,32-33H2,1-2H3,(H,35,37)/b23-11-,27-17-,36-28?. The van der Waals surface area contributed by atoms with Crippen molar-refractivity contribution in [2.45, 2.75) is 31.7 Å². The van der Waals surface area contributed by atoms with Gasteiger partial charge >= 0.3 is 0 Å². The lowest BCUT2D eigenvalue weighted by molar-refractivity contribution is -0.107. The van der Waals surface area contributed by atoms with E-state index in [1.165, 1.54) is 17.3 Å². The first-order valence-electron chi connectivity index (χ1n) is 13.0. The molecule has 0 amide bonds. The van der Waals surface area contributed by atoms with Gasteiger partial charge in [-0.1, -0.05) is 29.3 Å². The fourth-order valence-corrected chi connectivity index (χ4v) is 5.16. The Hall–Kier alpha value is -4.12. The van der Waals surface area contributed by atoms with E-state index < -0.39 is 0 Å². The maximum atomic E-state index is 11.6. The second kappa shape index (κ2) is 13.5. The van der Waals surface area contributed by atoms with Gasteiger partial charge in [0.05, 0.1) is 35.5 Å². The Labute approximate surface area is 248 Å². The third-order valence-electron chi connectivity index (χ3n) is 6.89. The number of aliphatic imine (C=N–C) groups is 1. The molecule has 1 aliphatic heterocycles. The number of nitrogens with zero attached hydrogens (tertiary/aromatic N) is 4. The lowest BCUT2D eigenvalue weighted by Gasteiger charge is -2.22. The summed E-state index contributed by atoms with van der Waals surface area (Å²) in [5, 5.41) is 4.88. The number of nitrogens with two attached hydrogens (primary N) is 2. The normalized spacial score (nSPS) is 16.8. The number of H-pyrrole nitrogens is 1. The van der Waals surface area contributed by atoms with Crippen molar-refractivity contribution in [3.63, 3.8) is 0 Å². The van der Waals surface area contributed by atoms with Crippen molar-refractivity contribution in [2.75, 3.05) is 24.4 Å². The van der Waals surface area contributed by atoms with E-state index in [0.29, 0.717) is 47.5 Å². The lowest BCUT2D eigenvalue weighted by Crippen LogP contribution is -2.26. The Kier molecular flexibility index (Phi) is 9.82. The van der Waals surface area contributed by atoms with Crippen molar-refractivity contribution in [3.05, 3.63) is 82.0 Å². The topological polar surface area (TPSA) is 146 Å². The van der Waals surface area contributed by atoms with Crippen molar-refractivity contribution in [1.82, 2.24) is 14.9 Å². The maximum Gasteiger partial charge on any atom is 0.145 e. The van der Waals surface area contributed by atoms with Gasteiger partial charge in [-0.15, -0.1) is 0 Å². The van der Waals surface area contributed by atoms with Crippen LogP contribution in [0.2, 0.25) is 5.02 Å². The van der Waals surface area contributed by atoms with Crippen molar-refractivity contribution in [1.29, 1.82) is 0 Å². The Morgan fingerprint density at radius 1 is 1.29 bits per heavy atom. The average molecular weight is 596 g/mol. The van der Waals surface area contributed by atoms with E-state index in [2.05, 4.69) is 21.4 Å². The summed E-state index contributed by atoms with van der Waals surface area (Å²) >= 11 is 12.1. The molecule has 214 valence electrons. The number of imidazole rings is 1. The summed E-state index contributed by atoms with van der Waals surface area (Å²) in [6, 6.07) is 11.1. The third kappa shape index (κ3) is 6.97. The smallest absolute Gasteiger partial charge is 0.145 e. The second-order valence-corrected chi connectivity index (χ2v) is 10.3. The van der Waals surface area contributed by atoms with Gasteiger partial charge in [0.1, 0.15) is 29.4 Å². The zero-order valence-corrected chi connectivity index (χ0v) is 24.3. The number of amidine groups is 1. The Balaban J connectivity index is 1.61. The number of benzene rings is 2. The highest BCUT2D eigenvalue weighted by molar-refractivity contribution is 6.31. The minimum atomic E-state index is -0.0464. The lowest BCUT2D eigenvalue weighted by atomic mass is 10.0. The molecule has 1 atom stereocenters. The molecule has 0 aliphatic carbocycles. The molecule has 4 rings (SSSR count). The molecule has 0 spiro atoms. The number of aldehydes is 2. The minimum absolute atomic E-state index is 0.00743. The van der Waals surface area contributed by atoms with Crippen LogP contribution in [0.25, 0.3) is 17.0 Å². The second-order valence-electron chi connectivity index (χ2n) is 9.47. The molecule has 41 heavy (non-hydrogen) atoms. The predicted octanol–water partition coefficient (Wildman–Crippen LogP) is 4.99. The number of hydrogen-bond acceptors (Lipinski definition) is 8. The molecule has 0 bridgehead atoms. The molecule has 0 saturated carbocycles. The molecule has 1 saturated heterocycles. The first-order valence-corrected chi connectivity index (χ1v) is 13.7. The van der Waals surface area contributed by atoms with E-state index in [1.807, 2.05) is 37.3 Å². The summed E-state index contributed by atoms with van der Waals surface area (Å²) in [4.78, 5) is 37.6. The van der Waals surface area contributed by atoms with Crippen LogP contribution in [0.5, 0.6) is 0 Å². The summed E-state index contributed by atoms with van der Waals surface area (Å²) in [7, 11) is 3.81. The molecule has 2 heterocycles. The third-order valence-corrected chi connectivity index (χ3v) is 7.23. The number of rotatable bonds is 11. The van der Waals surface area contributed by atoms with Crippen molar-refractivity contribution >= 4 is 58.7 Å². The van der Waals surface area contributed by atoms with Crippen LogP contribution in [0.1, 0.15) is 42.3 Å². The largest absolute Gasteiger partial charge is 0.388 e. The molecule has 1 aliphatic rings. The first kappa shape index (κ1) is 29.9. The van der Waals surface area contributed by atoms with Crippen LogP contribution < -0.4 is 21.9 Å². The van der Waals surface area contributed by atoms with Crippen molar-refractivity contribution in [2.24, 2.45) is 16.6 Å². The highest BCUT2D eigenvalue weighted by Gasteiger charge is 2.30. The van der Waals surface area contributed by atoms with E-state index in [0.717, 1.165) is 46.9 Å². The Morgan fingerprint density at radius 2 is 2.10 bits per heavy atom. The monoisotopic (exact) mass is 594 g/mol. The zero-order chi connectivity index (χ0) is 29.5. The van der Waals surface area contributed by atoms with E-state index in [1.54, 1.807) is 18.2 Å². The molecule has 3 aromatic rings. The summed E-state index contributed by atoms with van der Waals surface area (Å²) in [5.74, 6) is 7.74. The van der Waals surface area contributed by atoms with Gasteiger partial charge in [-0.25, -0.2) is 15.8 Å². The fraction of sp³-hybridized carbons (Fsp3) is 0.241. The molecule has 6 N–H and O–H groups in total. The van der Waals surface area contributed by atoms with Gasteiger partial charge in [-0.2, -0.15) is 0 Å². The molecule has 10 nitrogen and oxygen atoms in total. The van der Waals surface area contributed by atoms with Gasteiger partial charge in [0.2, 0.25) is 0 Å². The summed E-state index contributed by atoms with van der Waals surface area (Å²) in [6.45, 7) is 0. The Bertz CT molecular complexity index is 1510. The predicted molar refractivity (Wildman–Crippen MR) is 165 cm³/mol. The Morgan fingerprint density at radius 3 is 2.80 bits per heavy atom. The van der Waals surface area contributed by atoms with E-state index >= 15 is 0 Å². The highest BCUT2D eigenvalue weighted by Crippen LogP contribution is 2.35. The number of hydrazine groups is 1. The molecule has 0 radical (unpaired) electrons. The summed E-state index contributed by atoms with van der Waals surface area (Å²) in [5.41, 5.74) is 11.0. The molecule has 1 fully saturated rings. The summed E-state index contributed by atoms with van der Waals surface area (Å²) < 4.78 is 0. The van der Waals surface area contributed by atoms with Crippen LogP contribution >= 0.6 is 23.2 Å². The van der Waals surface area contributed by atoms with E-state index in [-0.39, 0.29) is 11.2 Å².